The maximum absolute atomic E-state index is 11.2. The second-order valence-electron chi connectivity index (χ2n) is 4.60. The predicted octanol–water partition coefficient (Wildman–Crippen LogP) is 2.58. The van der Waals surface area contributed by atoms with E-state index in [2.05, 4.69) is 21.9 Å². The highest BCUT2D eigenvalue weighted by Crippen LogP contribution is 2.32. The molecule has 0 aliphatic rings. The maximum atomic E-state index is 11.2. The molecule has 1 N–H and O–H groups in total. The molecule has 0 saturated carbocycles. The summed E-state index contributed by atoms with van der Waals surface area (Å²) in [5.74, 6) is 1.05. The minimum Gasteiger partial charge on any atom is -0.473 e. The largest absolute Gasteiger partial charge is 0.473 e. The van der Waals surface area contributed by atoms with E-state index in [-0.39, 0.29) is 17.4 Å². The summed E-state index contributed by atoms with van der Waals surface area (Å²) in [5.41, 5.74) is -0.235. The Kier molecular flexibility index (Phi) is 5.89. The lowest BCUT2D eigenvalue weighted by Gasteiger charge is -2.11. The molecule has 0 fully saturated rings. The summed E-state index contributed by atoms with van der Waals surface area (Å²) in [7, 11) is 0. The zero-order valence-electron chi connectivity index (χ0n) is 12.0. The van der Waals surface area contributed by atoms with Crippen molar-refractivity contribution in [3.63, 3.8) is 0 Å². The van der Waals surface area contributed by atoms with Crippen LogP contribution in [0, 0.1) is 16.0 Å². The van der Waals surface area contributed by atoms with Crippen LogP contribution in [-0.2, 0) is 6.42 Å². The third kappa shape index (κ3) is 4.18. The molecule has 0 aromatic carbocycles. The minimum atomic E-state index is -0.532. The van der Waals surface area contributed by atoms with Gasteiger partial charge < -0.3 is 10.1 Å². The van der Waals surface area contributed by atoms with Crippen LogP contribution in [0.3, 0.4) is 0 Å². The van der Waals surface area contributed by atoms with E-state index in [0.717, 1.165) is 0 Å². The third-order valence-corrected chi connectivity index (χ3v) is 2.37. The van der Waals surface area contributed by atoms with E-state index >= 15 is 0 Å². The fourth-order valence-corrected chi connectivity index (χ4v) is 1.63. The topological polar surface area (TPSA) is 90.2 Å². The van der Waals surface area contributed by atoms with Crippen LogP contribution >= 0.6 is 0 Å². The Morgan fingerprint density at radius 1 is 1.50 bits per heavy atom. The molecular weight excluding hydrogens is 260 g/mol. The predicted molar refractivity (Wildman–Crippen MR) is 77.1 cm³/mol. The van der Waals surface area contributed by atoms with E-state index in [0.29, 0.717) is 31.3 Å². The first-order valence-corrected chi connectivity index (χ1v) is 6.52. The molecule has 0 amide bonds. The lowest BCUT2D eigenvalue weighted by Crippen LogP contribution is -2.12. The number of hydrogen-bond acceptors (Lipinski definition) is 6. The van der Waals surface area contributed by atoms with Crippen molar-refractivity contribution >= 4 is 11.5 Å². The van der Waals surface area contributed by atoms with Crippen LogP contribution in [0.25, 0.3) is 0 Å². The average molecular weight is 280 g/mol. The molecule has 110 valence electrons. The monoisotopic (exact) mass is 280 g/mol. The Labute approximate surface area is 118 Å². The molecule has 0 spiro atoms. The number of hydrogen-bond donors (Lipinski definition) is 1. The number of aromatic nitrogens is 2. The first-order chi connectivity index (χ1) is 9.49. The Bertz CT molecular complexity index is 489. The van der Waals surface area contributed by atoms with Crippen molar-refractivity contribution < 1.29 is 9.66 Å². The molecule has 1 rings (SSSR count). The third-order valence-electron chi connectivity index (χ3n) is 2.37. The first-order valence-electron chi connectivity index (χ1n) is 6.52. The number of nitro groups is 1. The average Bonchev–Trinajstić information content (AvgIpc) is 2.35. The molecular formula is C13H20N4O3. The highest BCUT2D eigenvalue weighted by molar-refractivity contribution is 5.62. The van der Waals surface area contributed by atoms with Gasteiger partial charge in [0, 0.05) is 13.0 Å². The van der Waals surface area contributed by atoms with Crippen LogP contribution in [0.1, 0.15) is 26.6 Å². The lowest BCUT2D eigenvalue weighted by molar-refractivity contribution is -0.385. The van der Waals surface area contributed by atoms with Gasteiger partial charge in [-0.3, -0.25) is 10.1 Å². The molecule has 0 aliphatic carbocycles. The Morgan fingerprint density at radius 2 is 2.20 bits per heavy atom. The number of nitrogens with zero attached hydrogens (tertiary/aromatic N) is 3. The van der Waals surface area contributed by atoms with Crippen molar-refractivity contribution in [3.05, 3.63) is 28.6 Å². The van der Waals surface area contributed by atoms with E-state index in [1.807, 2.05) is 13.8 Å². The molecule has 1 aromatic heterocycles. The summed E-state index contributed by atoms with van der Waals surface area (Å²) in [6.45, 7) is 10.1. The van der Waals surface area contributed by atoms with E-state index in [1.165, 1.54) is 0 Å². The quantitative estimate of drug-likeness (QED) is 0.447. The SMILES string of the molecule is C=CCNc1nc(CC(C)C)nc(OCC)c1[N+](=O)[O-]. The number of anilines is 1. The second-order valence-corrected chi connectivity index (χ2v) is 4.60. The molecule has 0 unspecified atom stereocenters. The Hall–Kier alpha value is -2.18. The van der Waals surface area contributed by atoms with Gasteiger partial charge >= 0.3 is 5.69 Å². The molecule has 7 nitrogen and oxygen atoms in total. The molecule has 0 bridgehead atoms. The Morgan fingerprint density at radius 3 is 2.70 bits per heavy atom. The molecule has 20 heavy (non-hydrogen) atoms. The number of rotatable bonds is 8. The highest BCUT2D eigenvalue weighted by Gasteiger charge is 2.26. The minimum absolute atomic E-state index is 0.00899. The van der Waals surface area contributed by atoms with Crippen molar-refractivity contribution in [2.45, 2.75) is 27.2 Å². The van der Waals surface area contributed by atoms with Gasteiger partial charge in [-0.05, 0) is 12.8 Å². The summed E-state index contributed by atoms with van der Waals surface area (Å²) >= 11 is 0. The van der Waals surface area contributed by atoms with Gasteiger partial charge in [0.05, 0.1) is 11.5 Å². The van der Waals surface area contributed by atoms with Gasteiger partial charge in [-0.1, -0.05) is 19.9 Å². The van der Waals surface area contributed by atoms with Gasteiger partial charge in [0.15, 0.2) is 0 Å². The standard InChI is InChI=1S/C13H20N4O3/c1-5-7-14-12-11(17(18)19)13(20-6-2)16-10(15-12)8-9(3)4/h5,9H,1,6-8H2,2-4H3,(H,14,15,16). The highest BCUT2D eigenvalue weighted by atomic mass is 16.6. The van der Waals surface area contributed by atoms with Gasteiger partial charge in [0.1, 0.15) is 5.82 Å². The normalized spacial score (nSPS) is 10.4. The summed E-state index contributed by atoms with van der Waals surface area (Å²) in [6, 6.07) is 0. The van der Waals surface area contributed by atoms with Crippen LogP contribution in [-0.4, -0.2) is 28.0 Å². The summed E-state index contributed by atoms with van der Waals surface area (Å²) in [5, 5.41) is 14.1. The van der Waals surface area contributed by atoms with Gasteiger partial charge in [-0.25, -0.2) is 4.98 Å². The Balaban J connectivity index is 3.29. The smallest absolute Gasteiger partial charge is 0.372 e. The molecule has 0 saturated heterocycles. The van der Waals surface area contributed by atoms with Gasteiger partial charge in [0.2, 0.25) is 5.82 Å². The maximum Gasteiger partial charge on any atom is 0.372 e. The summed E-state index contributed by atoms with van der Waals surface area (Å²) < 4.78 is 5.28. The van der Waals surface area contributed by atoms with Gasteiger partial charge in [0.25, 0.3) is 5.88 Å². The van der Waals surface area contributed by atoms with Crippen LogP contribution in [0.2, 0.25) is 0 Å². The molecule has 1 aromatic rings. The zero-order chi connectivity index (χ0) is 15.1. The fraction of sp³-hybridized carbons (Fsp3) is 0.538. The van der Waals surface area contributed by atoms with E-state index < -0.39 is 4.92 Å². The molecule has 0 atom stereocenters. The summed E-state index contributed by atoms with van der Waals surface area (Å²) in [6.07, 6.45) is 2.23. The van der Waals surface area contributed by atoms with Gasteiger partial charge in [-0.15, -0.1) is 6.58 Å². The van der Waals surface area contributed by atoms with Gasteiger partial charge in [-0.2, -0.15) is 4.98 Å². The zero-order valence-corrected chi connectivity index (χ0v) is 12.0. The number of ether oxygens (including phenoxy) is 1. The van der Waals surface area contributed by atoms with E-state index in [1.54, 1.807) is 13.0 Å². The van der Waals surface area contributed by atoms with Crippen molar-refractivity contribution in [1.82, 2.24) is 9.97 Å². The van der Waals surface area contributed by atoms with Crippen LogP contribution < -0.4 is 10.1 Å². The molecule has 0 radical (unpaired) electrons. The number of nitrogens with one attached hydrogen (secondary N) is 1. The van der Waals surface area contributed by atoms with E-state index in [4.69, 9.17) is 4.74 Å². The fourth-order valence-electron chi connectivity index (χ4n) is 1.63. The van der Waals surface area contributed by atoms with Crippen molar-refractivity contribution in [2.75, 3.05) is 18.5 Å². The molecule has 1 heterocycles. The first kappa shape index (κ1) is 15.9. The lowest BCUT2D eigenvalue weighted by atomic mass is 10.1. The van der Waals surface area contributed by atoms with Crippen molar-refractivity contribution in [3.8, 4) is 5.88 Å². The van der Waals surface area contributed by atoms with Crippen LogP contribution in [0.15, 0.2) is 12.7 Å². The van der Waals surface area contributed by atoms with Crippen LogP contribution in [0.5, 0.6) is 5.88 Å². The second kappa shape index (κ2) is 7.42. The van der Waals surface area contributed by atoms with Crippen LogP contribution in [0.4, 0.5) is 11.5 Å². The summed E-state index contributed by atoms with van der Waals surface area (Å²) in [4.78, 5) is 19.0. The van der Waals surface area contributed by atoms with Crippen molar-refractivity contribution in [2.24, 2.45) is 5.92 Å². The molecule has 0 aliphatic heterocycles. The van der Waals surface area contributed by atoms with E-state index in [9.17, 15) is 10.1 Å². The molecule has 7 heteroatoms. The van der Waals surface area contributed by atoms with Crippen molar-refractivity contribution in [1.29, 1.82) is 0 Å².